The zero-order valence-electron chi connectivity index (χ0n) is 13.3. The minimum Gasteiger partial charge on any atom is -0.496 e. The minimum absolute atomic E-state index is 0.164. The van der Waals surface area contributed by atoms with Gasteiger partial charge in [-0.25, -0.2) is 4.39 Å². The Hall–Kier alpha value is -1.82. The summed E-state index contributed by atoms with van der Waals surface area (Å²) in [4.78, 5) is 13.1. The maximum atomic E-state index is 13.0. The van der Waals surface area contributed by atoms with Crippen molar-refractivity contribution in [1.82, 2.24) is 0 Å². The summed E-state index contributed by atoms with van der Waals surface area (Å²) in [5.74, 6) is 0.0523. The Balaban J connectivity index is 1.98. The molecular formula is C17H18Cl2FN2O2+. The molecule has 0 aliphatic rings. The van der Waals surface area contributed by atoms with Gasteiger partial charge in [0.25, 0.3) is 5.91 Å². The first kappa shape index (κ1) is 18.5. The molecule has 0 aliphatic carbocycles. The summed E-state index contributed by atoms with van der Waals surface area (Å²) in [6, 6.07) is 9.20. The molecule has 0 aliphatic heterocycles. The van der Waals surface area contributed by atoms with Crippen molar-refractivity contribution >= 4 is 34.8 Å². The van der Waals surface area contributed by atoms with Crippen molar-refractivity contribution in [2.24, 2.45) is 0 Å². The van der Waals surface area contributed by atoms with Crippen LogP contribution in [0.25, 0.3) is 0 Å². The van der Waals surface area contributed by atoms with E-state index in [2.05, 4.69) is 5.32 Å². The quantitative estimate of drug-likeness (QED) is 0.819. The van der Waals surface area contributed by atoms with Crippen molar-refractivity contribution in [1.29, 1.82) is 0 Å². The maximum Gasteiger partial charge on any atom is 0.279 e. The van der Waals surface area contributed by atoms with Gasteiger partial charge in [-0.05, 0) is 36.4 Å². The molecule has 1 amide bonds. The molecule has 0 radical (unpaired) electrons. The fourth-order valence-corrected chi connectivity index (χ4v) is 2.74. The predicted octanol–water partition coefficient (Wildman–Crippen LogP) is 2.79. The van der Waals surface area contributed by atoms with Gasteiger partial charge in [0.2, 0.25) is 0 Å². The first-order chi connectivity index (χ1) is 11.4. The highest BCUT2D eigenvalue weighted by Crippen LogP contribution is 2.23. The molecule has 0 spiro atoms. The number of methoxy groups -OCH3 is 1. The molecule has 0 fully saturated rings. The minimum atomic E-state index is -0.450. The van der Waals surface area contributed by atoms with Gasteiger partial charge in [0.1, 0.15) is 18.1 Å². The average molecular weight is 372 g/mol. The number of rotatable bonds is 6. The third-order valence-corrected chi connectivity index (χ3v) is 3.95. The maximum absolute atomic E-state index is 13.0. The molecule has 0 heterocycles. The number of hydrogen-bond acceptors (Lipinski definition) is 2. The van der Waals surface area contributed by atoms with Crippen molar-refractivity contribution in [2.45, 2.75) is 6.54 Å². The smallest absolute Gasteiger partial charge is 0.279 e. The highest BCUT2D eigenvalue weighted by Gasteiger charge is 2.15. The highest BCUT2D eigenvalue weighted by molar-refractivity contribution is 6.33. The Morgan fingerprint density at radius 3 is 2.67 bits per heavy atom. The summed E-state index contributed by atoms with van der Waals surface area (Å²) in [6.07, 6.45) is 0. The van der Waals surface area contributed by atoms with Gasteiger partial charge in [-0.3, -0.25) is 4.79 Å². The molecule has 4 nitrogen and oxygen atoms in total. The second-order valence-electron chi connectivity index (χ2n) is 5.44. The highest BCUT2D eigenvalue weighted by atomic mass is 35.5. The lowest BCUT2D eigenvalue weighted by atomic mass is 10.2. The van der Waals surface area contributed by atoms with Crippen molar-refractivity contribution in [3.8, 4) is 5.75 Å². The van der Waals surface area contributed by atoms with E-state index < -0.39 is 5.82 Å². The second-order valence-corrected chi connectivity index (χ2v) is 6.28. The normalized spacial score (nSPS) is 11.9. The average Bonchev–Trinajstić information content (AvgIpc) is 2.50. The molecular weight excluding hydrogens is 354 g/mol. The van der Waals surface area contributed by atoms with Crippen LogP contribution in [-0.4, -0.2) is 26.6 Å². The summed E-state index contributed by atoms with van der Waals surface area (Å²) in [7, 11) is 3.47. The first-order valence-electron chi connectivity index (χ1n) is 7.27. The molecule has 1 unspecified atom stereocenters. The Morgan fingerprint density at radius 2 is 2.00 bits per heavy atom. The molecule has 1 atom stereocenters. The van der Waals surface area contributed by atoms with Gasteiger partial charge in [-0.2, -0.15) is 0 Å². The van der Waals surface area contributed by atoms with E-state index >= 15 is 0 Å². The Kier molecular flexibility index (Phi) is 6.43. The number of hydrogen-bond donors (Lipinski definition) is 2. The van der Waals surface area contributed by atoms with Crippen LogP contribution in [-0.2, 0) is 11.3 Å². The van der Waals surface area contributed by atoms with Gasteiger partial charge in [0.15, 0.2) is 6.54 Å². The number of halogens is 3. The summed E-state index contributed by atoms with van der Waals surface area (Å²) in [5.41, 5.74) is 1.30. The number of amides is 1. The molecule has 128 valence electrons. The first-order valence-corrected chi connectivity index (χ1v) is 8.03. The van der Waals surface area contributed by atoms with Crippen LogP contribution in [0.2, 0.25) is 10.0 Å². The second kappa shape index (κ2) is 8.33. The Morgan fingerprint density at radius 1 is 1.25 bits per heavy atom. The third kappa shape index (κ3) is 5.09. The fourth-order valence-electron chi connectivity index (χ4n) is 2.33. The van der Waals surface area contributed by atoms with Crippen LogP contribution < -0.4 is 15.0 Å². The number of carbonyl (C=O) groups excluding carboxylic acids is 1. The lowest BCUT2D eigenvalue weighted by Crippen LogP contribution is -3.08. The van der Waals surface area contributed by atoms with E-state index in [-0.39, 0.29) is 17.5 Å². The SMILES string of the molecule is COc1ccc(Cl)cc1C[NH+](C)CC(=O)Nc1ccc(F)cc1Cl. The van der Waals surface area contributed by atoms with E-state index in [9.17, 15) is 9.18 Å². The molecule has 0 saturated heterocycles. The molecule has 7 heteroatoms. The molecule has 24 heavy (non-hydrogen) atoms. The van der Waals surface area contributed by atoms with Crippen LogP contribution >= 0.6 is 23.2 Å². The lowest BCUT2D eigenvalue weighted by molar-refractivity contribution is -0.885. The number of ether oxygens (including phenoxy) is 1. The molecule has 2 aromatic rings. The number of likely N-dealkylation sites (N-methyl/N-ethyl adjacent to an activating group) is 1. The monoisotopic (exact) mass is 371 g/mol. The van der Waals surface area contributed by atoms with Crippen LogP contribution in [0.1, 0.15) is 5.56 Å². The van der Waals surface area contributed by atoms with E-state index in [0.29, 0.717) is 17.3 Å². The van der Waals surface area contributed by atoms with Crippen LogP contribution in [0.5, 0.6) is 5.75 Å². The molecule has 0 bridgehead atoms. The summed E-state index contributed by atoms with van der Waals surface area (Å²) in [6.45, 7) is 0.775. The summed E-state index contributed by atoms with van der Waals surface area (Å²) < 4.78 is 18.3. The molecule has 0 saturated carbocycles. The number of carbonyl (C=O) groups is 1. The molecule has 2 N–H and O–H groups in total. The number of benzene rings is 2. The van der Waals surface area contributed by atoms with Crippen molar-refractivity contribution in [3.63, 3.8) is 0 Å². The lowest BCUT2D eigenvalue weighted by Gasteiger charge is -2.16. The number of anilines is 1. The van der Waals surface area contributed by atoms with E-state index in [1.165, 1.54) is 12.1 Å². The summed E-state index contributed by atoms with van der Waals surface area (Å²) >= 11 is 11.9. The standard InChI is InChI=1S/C17H17Cl2FN2O2/c1-22(9-11-7-12(18)3-6-16(11)24-2)10-17(23)21-15-5-4-13(20)8-14(15)19/h3-8H,9-10H2,1-2H3,(H,21,23)/p+1. The van der Waals surface area contributed by atoms with E-state index in [1.807, 2.05) is 13.1 Å². The number of quaternary nitrogens is 1. The van der Waals surface area contributed by atoms with E-state index in [1.54, 1.807) is 19.2 Å². The van der Waals surface area contributed by atoms with Gasteiger partial charge in [0, 0.05) is 10.6 Å². The van der Waals surface area contributed by atoms with Gasteiger partial charge in [0.05, 0.1) is 24.9 Å². The fraction of sp³-hybridized carbons (Fsp3) is 0.235. The molecule has 2 rings (SSSR count). The van der Waals surface area contributed by atoms with Crippen molar-refractivity contribution in [3.05, 3.63) is 57.8 Å². The zero-order chi connectivity index (χ0) is 17.7. The van der Waals surface area contributed by atoms with E-state index in [4.69, 9.17) is 27.9 Å². The van der Waals surface area contributed by atoms with Crippen molar-refractivity contribution < 1.29 is 18.8 Å². The Labute approximate surface area is 150 Å². The largest absolute Gasteiger partial charge is 0.496 e. The third-order valence-electron chi connectivity index (χ3n) is 3.40. The van der Waals surface area contributed by atoms with Crippen LogP contribution in [0.4, 0.5) is 10.1 Å². The van der Waals surface area contributed by atoms with Crippen LogP contribution in [0, 0.1) is 5.82 Å². The summed E-state index contributed by atoms with van der Waals surface area (Å²) in [5, 5.41) is 3.45. The van der Waals surface area contributed by atoms with Gasteiger partial charge in [-0.1, -0.05) is 23.2 Å². The zero-order valence-corrected chi connectivity index (χ0v) is 14.8. The van der Waals surface area contributed by atoms with Gasteiger partial charge < -0.3 is 15.0 Å². The molecule has 2 aromatic carbocycles. The van der Waals surface area contributed by atoms with Crippen molar-refractivity contribution in [2.75, 3.05) is 26.0 Å². The van der Waals surface area contributed by atoms with E-state index in [0.717, 1.165) is 22.3 Å². The topological polar surface area (TPSA) is 42.8 Å². The Bertz CT molecular complexity index is 741. The van der Waals surface area contributed by atoms with Crippen LogP contribution in [0.15, 0.2) is 36.4 Å². The predicted molar refractivity (Wildman–Crippen MR) is 93.5 cm³/mol. The molecule has 0 aromatic heterocycles. The van der Waals surface area contributed by atoms with Crippen LogP contribution in [0.3, 0.4) is 0 Å². The van der Waals surface area contributed by atoms with Gasteiger partial charge >= 0.3 is 0 Å². The van der Waals surface area contributed by atoms with Gasteiger partial charge in [-0.15, -0.1) is 0 Å². The number of nitrogens with one attached hydrogen (secondary N) is 2.